The van der Waals surface area contributed by atoms with Crippen molar-refractivity contribution in [3.05, 3.63) is 53.9 Å². The number of aryl methyl sites for hydroxylation is 1. The summed E-state index contributed by atoms with van der Waals surface area (Å²) in [6.07, 6.45) is 3.63. The van der Waals surface area contributed by atoms with Crippen molar-refractivity contribution >= 4 is 29.9 Å². The molecule has 0 spiro atoms. The molecule has 2 heterocycles. The number of hydrogen-bond donors (Lipinski definition) is 1. The number of guanidine groups is 1. The van der Waals surface area contributed by atoms with Crippen LogP contribution in [-0.2, 0) is 18.3 Å². The van der Waals surface area contributed by atoms with E-state index in [1.807, 2.05) is 24.7 Å². The van der Waals surface area contributed by atoms with Crippen LogP contribution in [0, 0.1) is 5.82 Å². The lowest BCUT2D eigenvalue weighted by atomic mass is 10.1. The molecular formula is C18H25FIN5O. The molecule has 0 radical (unpaired) electrons. The number of nitrogens with zero attached hydrogens (tertiary/aromatic N) is 4. The van der Waals surface area contributed by atoms with Gasteiger partial charge in [-0.2, -0.15) is 0 Å². The van der Waals surface area contributed by atoms with Gasteiger partial charge in [-0.25, -0.2) is 9.37 Å². The monoisotopic (exact) mass is 473 g/mol. The van der Waals surface area contributed by atoms with Gasteiger partial charge in [0.25, 0.3) is 0 Å². The number of halogens is 2. The lowest BCUT2D eigenvalue weighted by Gasteiger charge is -2.38. The summed E-state index contributed by atoms with van der Waals surface area (Å²) in [6.45, 7) is 4.05. The molecule has 3 rings (SSSR count). The summed E-state index contributed by atoms with van der Waals surface area (Å²) in [5.74, 6) is 1.51. The molecule has 8 heteroatoms. The molecule has 26 heavy (non-hydrogen) atoms. The highest BCUT2D eigenvalue weighted by Gasteiger charge is 2.28. The van der Waals surface area contributed by atoms with Crippen LogP contribution < -0.4 is 5.32 Å². The predicted octanol–water partition coefficient (Wildman–Crippen LogP) is 2.71. The molecule has 142 valence electrons. The number of nitrogens with one attached hydrogen (secondary N) is 1. The van der Waals surface area contributed by atoms with E-state index in [1.165, 1.54) is 12.1 Å². The highest BCUT2D eigenvalue weighted by Crippen LogP contribution is 2.25. The highest BCUT2D eigenvalue weighted by atomic mass is 127. The van der Waals surface area contributed by atoms with Crippen molar-refractivity contribution in [1.82, 2.24) is 19.8 Å². The van der Waals surface area contributed by atoms with Crippen LogP contribution in [0.2, 0.25) is 0 Å². The van der Waals surface area contributed by atoms with Gasteiger partial charge in [-0.3, -0.25) is 4.99 Å². The number of aromatic nitrogens is 2. The Morgan fingerprint density at radius 3 is 2.69 bits per heavy atom. The van der Waals surface area contributed by atoms with Crippen LogP contribution >= 0.6 is 24.0 Å². The SMILES string of the molecule is CN=C(NCc1nccn1C)N1CC(C)OC(c2ccc(F)cc2)C1.I. The molecule has 1 saturated heterocycles. The number of benzene rings is 1. The number of rotatable bonds is 3. The van der Waals surface area contributed by atoms with E-state index in [2.05, 4.69) is 20.2 Å². The second kappa shape index (κ2) is 9.31. The Labute approximate surface area is 170 Å². The first-order valence-corrected chi connectivity index (χ1v) is 8.39. The first-order valence-electron chi connectivity index (χ1n) is 8.39. The van der Waals surface area contributed by atoms with E-state index in [-0.39, 0.29) is 42.0 Å². The minimum atomic E-state index is -0.239. The minimum Gasteiger partial charge on any atom is -0.367 e. The normalized spacial score (nSPS) is 20.6. The number of ether oxygens (including phenoxy) is 1. The fourth-order valence-electron chi connectivity index (χ4n) is 3.04. The summed E-state index contributed by atoms with van der Waals surface area (Å²) in [7, 11) is 3.74. The zero-order valence-electron chi connectivity index (χ0n) is 15.2. The Morgan fingerprint density at radius 1 is 1.35 bits per heavy atom. The van der Waals surface area contributed by atoms with E-state index in [4.69, 9.17) is 4.74 Å². The van der Waals surface area contributed by atoms with Gasteiger partial charge >= 0.3 is 0 Å². The molecule has 2 atom stereocenters. The van der Waals surface area contributed by atoms with E-state index in [1.54, 1.807) is 25.4 Å². The maximum Gasteiger partial charge on any atom is 0.194 e. The second-order valence-corrected chi connectivity index (χ2v) is 6.25. The molecule has 1 aliphatic rings. The molecule has 6 nitrogen and oxygen atoms in total. The molecule has 0 bridgehead atoms. The topological polar surface area (TPSA) is 54.7 Å². The van der Waals surface area contributed by atoms with Crippen LogP contribution in [0.3, 0.4) is 0 Å². The molecule has 2 unspecified atom stereocenters. The third kappa shape index (κ3) is 4.94. The van der Waals surface area contributed by atoms with E-state index >= 15 is 0 Å². The van der Waals surface area contributed by atoms with E-state index in [9.17, 15) is 4.39 Å². The number of morpholine rings is 1. The van der Waals surface area contributed by atoms with Crippen molar-refractivity contribution in [1.29, 1.82) is 0 Å². The average Bonchev–Trinajstić information content (AvgIpc) is 3.01. The smallest absolute Gasteiger partial charge is 0.194 e. The molecule has 1 N–H and O–H groups in total. The summed E-state index contributed by atoms with van der Waals surface area (Å²) in [4.78, 5) is 10.9. The Hall–Kier alpha value is -1.68. The molecule has 0 aliphatic carbocycles. The van der Waals surface area contributed by atoms with Gasteiger partial charge in [-0.1, -0.05) is 12.1 Å². The molecule has 2 aromatic rings. The summed E-state index contributed by atoms with van der Waals surface area (Å²) in [5.41, 5.74) is 0.970. The van der Waals surface area contributed by atoms with Crippen molar-refractivity contribution in [2.24, 2.45) is 12.0 Å². The van der Waals surface area contributed by atoms with Crippen LogP contribution in [0.25, 0.3) is 0 Å². The van der Waals surface area contributed by atoms with Gasteiger partial charge in [0.2, 0.25) is 0 Å². The van der Waals surface area contributed by atoms with Gasteiger partial charge in [0, 0.05) is 33.0 Å². The quantitative estimate of drug-likeness (QED) is 0.423. The fraction of sp³-hybridized carbons (Fsp3) is 0.444. The fourth-order valence-corrected chi connectivity index (χ4v) is 3.04. The first-order chi connectivity index (χ1) is 12.1. The zero-order chi connectivity index (χ0) is 17.8. The molecule has 1 aromatic heterocycles. The van der Waals surface area contributed by atoms with Crippen molar-refractivity contribution in [3.63, 3.8) is 0 Å². The van der Waals surface area contributed by atoms with Gasteiger partial charge in [0.15, 0.2) is 5.96 Å². The van der Waals surface area contributed by atoms with Crippen LogP contribution in [0.15, 0.2) is 41.7 Å². The number of hydrogen-bond acceptors (Lipinski definition) is 3. The highest BCUT2D eigenvalue weighted by molar-refractivity contribution is 14.0. The van der Waals surface area contributed by atoms with Gasteiger partial charge < -0.3 is 19.5 Å². The van der Waals surface area contributed by atoms with Crippen LogP contribution in [0.5, 0.6) is 0 Å². The van der Waals surface area contributed by atoms with Crippen molar-refractivity contribution in [3.8, 4) is 0 Å². The predicted molar refractivity (Wildman–Crippen MR) is 110 cm³/mol. The van der Waals surface area contributed by atoms with Crippen molar-refractivity contribution in [2.75, 3.05) is 20.1 Å². The Balaban J connectivity index is 0.00000243. The average molecular weight is 473 g/mol. The maximum absolute atomic E-state index is 13.2. The van der Waals surface area contributed by atoms with E-state index in [0.717, 1.165) is 23.9 Å². The van der Waals surface area contributed by atoms with E-state index in [0.29, 0.717) is 13.1 Å². The van der Waals surface area contributed by atoms with Gasteiger partial charge in [-0.05, 0) is 24.6 Å². The second-order valence-electron chi connectivity index (χ2n) is 6.25. The Bertz CT molecular complexity index is 733. The third-order valence-corrected chi connectivity index (χ3v) is 4.34. The van der Waals surface area contributed by atoms with Gasteiger partial charge in [0.05, 0.1) is 19.2 Å². The van der Waals surface area contributed by atoms with Crippen LogP contribution in [0.1, 0.15) is 24.4 Å². The molecule has 0 amide bonds. The number of imidazole rings is 1. The Morgan fingerprint density at radius 2 is 2.08 bits per heavy atom. The van der Waals surface area contributed by atoms with Crippen molar-refractivity contribution in [2.45, 2.75) is 25.7 Å². The lowest BCUT2D eigenvalue weighted by molar-refractivity contribution is -0.0605. The third-order valence-electron chi connectivity index (χ3n) is 4.34. The van der Waals surface area contributed by atoms with Crippen molar-refractivity contribution < 1.29 is 9.13 Å². The molecule has 1 fully saturated rings. The maximum atomic E-state index is 13.2. The molecule has 1 aliphatic heterocycles. The summed E-state index contributed by atoms with van der Waals surface area (Å²) in [6, 6.07) is 6.49. The van der Waals surface area contributed by atoms with Crippen LogP contribution in [-0.4, -0.2) is 46.7 Å². The Kier molecular flexibility index (Phi) is 7.39. The zero-order valence-corrected chi connectivity index (χ0v) is 17.6. The molecule has 0 saturated carbocycles. The summed E-state index contributed by atoms with van der Waals surface area (Å²) in [5, 5.41) is 3.36. The summed E-state index contributed by atoms with van der Waals surface area (Å²) < 4.78 is 21.2. The minimum absolute atomic E-state index is 0. The standard InChI is InChI=1S/C18H24FN5O.HI/c1-13-11-24(12-16(25-13)14-4-6-15(19)7-5-14)18(20-2)22-10-17-21-8-9-23(17)3;/h4-9,13,16H,10-12H2,1-3H3,(H,20,22);1H. The lowest BCUT2D eigenvalue weighted by Crippen LogP contribution is -2.50. The number of aliphatic imine (C=N–C) groups is 1. The largest absolute Gasteiger partial charge is 0.367 e. The summed E-state index contributed by atoms with van der Waals surface area (Å²) >= 11 is 0. The van der Waals surface area contributed by atoms with Crippen LogP contribution in [0.4, 0.5) is 4.39 Å². The molecular weight excluding hydrogens is 448 g/mol. The van der Waals surface area contributed by atoms with E-state index < -0.39 is 0 Å². The molecule has 1 aromatic carbocycles. The van der Waals surface area contributed by atoms with Gasteiger partial charge in [-0.15, -0.1) is 24.0 Å². The first kappa shape index (κ1) is 20.6. The van der Waals surface area contributed by atoms with Gasteiger partial charge in [0.1, 0.15) is 17.7 Å².